The van der Waals surface area contributed by atoms with Gasteiger partial charge in [-0.15, -0.1) is 0 Å². The van der Waals surface area contributed by atoms with Crippen molar-refractivity contribution in [2.75, 3.05) is 13.1 Å². The zero-order valence-electron chi connectivity index (χ0n) is 6.49. The van der Waals surface area contributed by atoms with E-state index in [1.54, 1.807) is 13.8 Å². The van der Waals surface area contributed by atoms with Gasteiger partial charge in [-0.1, -0.05) is 0 Å². The fraction of sp³-hybridized carbons (Fsp3) is 1.00. The highest BCUT2D eigenvalue weighted by atomic mass is 16.3. The zero-order valence-corrected chi connectivity index (χ0v) is 6.49. The van der Waals surface area contributed by atoms with Crippen LogP contribution in [-0.2, 0) is 0 Å². The molecule has 62 valence electrons. The highest BCUT2D eigenvalue weighted by Crippen LogP contribution is 1.87. The number of nitrogens with two attached hydrogens (primary N) is 1. The lowest BCUT2D eigenvalue weighted by Gasteiger charge is -2.18. The Kier molecular flexibility index (Phi) is 4.55. The second-order valence-electron chi connectivity index (χ2n) is 2.65. The first-order chi connectivity index (χ1) is 4.52. The Balaban J connectivity index is 3.34. The molecular weight excluding hydrogens is 132 g/mol. The molecule has 0 heterocycles. The van der Waals surface area contributed by atoms with Crippen molar-refractivity contribution in [3.63, 3.8) is 0 Å². The monoisotopic (exact) mass is 148 g/mol. The van der Waals surface area contributed by atoms with Crippen molar-refractivity contribution in [3.8, 4) is 0 Å². The Morgan fingerprint density at radius 2 is 1.50 bits per heavy atom. The molecule has 4 heteroatoms. The molecule has 4 N–H and O–H groups in total. The van der Waals surface area contributed by atoms with Crippen LogP contribution in [0, 0.1) is 0 Å². The number of rotatable bonds is 4. The van der Waals surface area contributed by atoms with E-state index < -0.39 is 12.2 Å². The van der Waals surface area contributed by atoms with Crippen LogP contribution in [0.5, 0.6) is 0 Å². The molecular formula is C6H16N2O2. The van der Waals surface area contributed by atoms with Gasteiger partial charge in [-0.2, -0.15) is 0 Å². The SMILES string of the molecule is C[C@H](O)CN(N)C[C@@H](C)O. The van der Waals surface area contributed by atoms with Crippen LogP contribution in [0.3, 0.4) is 0 Å². The molecule has 0 spiro atoms. The van der Waals surface area contributed by atoms with Gasteiger partial charge < -0.3 is 10.2 Å². The van der Waals surface area contributed by atoms with Crippen LogP contribution in [0.25, 0.3) is 0 Å². The molecule has 0 fully saturated rings. The highest BCUT2D eigenvalue weighted by molar-refractivity contribution is 4.56. The number of aliphatic hydroxyl groups is 2. The van der Waals surface area contributed by atoms with E-state index in [9.17, 15) is 0 Å². The summed E-state index contributed by atoms with van der Waals surface area (Å²) in [7, 11) is 0. The predicted molar refractivity (Wildman–Crippen MR) is 39.1 cm³/mol. The number of hydrazine groups is 1. The maximum absolute atomic E-state index is 8.83. The molecule has 0 aliphatic rings. The summed E-state index contributed by atoms with van der Waals surface area (Å²) >= 11 is 0. The van der Waals surface area contributed by atoms with E-state index >= 15 is 0 Å². The average Bonchev–Trinajstić information content (AvgIpc) is 1.58. The minimum Gasteiger partial charge on any atom is -0.392 e. The van der Waals surface area contributed by atoms with Gasteiger partial charge in [0.1, 0.15) is 0 Å². The topological polar surface area (TPSA) is 69.7 Å². The van der Waals surface area contributed by atoms with Crippen LogP contribution in [0.1, 0.15) is 13.8 Å². The van der Waals surface area contributed by atoms with E-state index in [4.69, 9.17) is 16.1 Å². The Morgan fingerprint density at radius 3 is 1.70 bits per heavy atom. The van der Waals surface area contributed by atoms with Crippen molar-refractivity contribution in [3.05, 3.63) is 0 Å². The van der Waals surface area contributed by atoms with Crippen LogP contribution in [-0.4, -0.2) is 40.5 Å². The normalized spacial score (nSPS) is 17.4. The standard InChI is InChI=1S/C6H16N2O2/c1-5(9)3-8(7)4-6(2)10/h5-6,9-10H,3-4,7H2,1-2H3/t5-,6+. The third kappa shape index (κ3) is 5.97. The van der Waals surface area contributed by atoms with Crippen LogP contribution >= 0.6 is 0 Å². The van der Waals surface area contributed by atoms with E-state index in [1.807, 2.05) is 0 Å². The summed E-state index contributed by atoms with van der Waals surface area (Å²) in [6.45, 7) is 4.10. The molecule has 2 atom stereocenters. The van der Waals surface area contributed by atoms with E-state index in [2.05, 4.69) is 0 Å². The van der Waals surface area contributed by atoms with E-state index in [1.165, 1.54) is 5.01 Å². The lowest BCUT2D eigenvalue weighted by Crippen LogP contribution is -2.41. The van der Waals surface area contributed by atoms with Crippen LogP contribution in [0.4, 0.5) is 0 Å². The van der Waals surface area contributed by atoms with Gasteiger partial charge in [0.2, 0.25) is 0 Å². The molecule has 0 amide bonds. The number of hydrogen-bond acceptors (Lipinski definition) is 4. The molecule has 0 aliphatic heterocycles. The van der Waals surface area contributed by atoms with E-state index in [0.29, 0.717) is 13.1 Å². The van der Waals surface area contributed by atoms with Crippen molar-refractivity contribution < 1.29 is 10.2 Å². The molecule has 0 aromatic carbocycles. The molecule has 0 radical (unpaired) electrons. The number of aliphatic hydroxyl groups excluding tert-OH is 2. The van der Waals surface area contributed by atoms with Gasteiger partial charge in [-0.05, 0) is 13.8 Å². The average molecular weight is 148 g/mol. The Hall–Kier alpha value is -0.160. The van der Waals surface area contributed by atoms with Gasteiger partial charge in [-0.25, -0.2) is 5.01 Å². The van der Waals surface area contributed by atoms with Crippen LogP contribution in [0.15, 0.2) is 0 Å². The summed E-state index contributed by atoms with van der Waals surface area (Å²) in [5, 5.41) is 19.1. The van der Waals surface area contributed by atoms with Gasteiger partial charge in [0, 0.05) is 13.1 Å². The smallest absolute Gasteiger partial charge is 0.0653 e. The predicted octanol–water partition coefficient (Wildman–Crippen LogP) is -1.08. The first-order valence-electron chi connectivity index (χ1n) is 3.38. The summed E-state index contributed by atoms with van der Waals surface area (Å²) < 4.78 is 0. The van der Waals surface area contributed by atoms with Gasteiger partial charge >= 0.3 is 0 Å². The Bertz CT molecular complexity index is 75.8. The molecule has 10 heavy (non-hydrogen) atoms. The zero-order chi connectivity index (χ0) is 8.15. The van der Waals surface area contributed by atoms with Crippen molar-refractivity contribution in [1.82, 2.24) is 5.01 Å². The third-order valence-electron chi connectivity index (χ3n) is 0.997. The maximum Gasteiger partial charge on any atom is 0.0653 e. The number of nitrogens with zero attached hydrogens (tertiary/aromatic N) is 1. The molecule has 0 saturated heterocycles. The van der Waals surface area contributed by atoms with Gasteiger partial charge in [-0.3, -0.25) is 5.84 Å². The second-order valence-corrected chi connectivity index (χ2v) is 2.65. The summed E-state index contributed by atoms with van der Waals surface area (Å²) in [6, 6.07) is 0. The fourth-order valence-electron chi connectivity index (χ4n) is 0.753. The number of hydrogen-bond donors (Lipinski definition) is 3. The molecule has 0 saturated carbocycles. The molecule has 0 aromatic rings. The highest BCUT2D eigenvalue weighted by Gasteiger charge is 2.05. The van der Waals surface area contributed by atoms with Crippen LogP contribution in [0.2, 0.25) is 0 Å². The van der Waals surface area contributed by atoms with Gasteiger partial charge in [0.15, 0.2) is 0 Å². The molecule has 0 bridgehead atoms. The molecule has 0 aliphatic carbocycles. The molecule has 0 unspecified atom stereocenters. The van der Waals surface area contributed by atoms with Crippen molar-refractivity contribution in [2.24, 2.45) is 5.84 Å². The lowest BCUT2D eigenvalue weighted by atomic mass is 10.3. The van der Waals surface area contributed by atoms with Gasteiger partial charge in [0.05, 0.1) is 12.2 Å². The second kappa shape index (κ2) is 4.62. The largest absolute Gasteiger partial charge is 0.392 e. The van der Waals surface area contributed by atoms with Crippen molar-refractivity contribution in [1.29, 1.82) is 0 Å². The van der Waals surface area contributed by atoms with E-state index in [-0.39, 0.29) is 0 Å². The fourth-order valence-corrected chi connectivity index (χ4v) is 0.753. The summed E-state index contributed by atoms with van der Waals surface area (Å²) in [6.07, 6.45) is -0.882. The van der Waals surface area contributed by atoms with E-state index in [0.717, 1.165) is 0 Å². The third-order valence-corrected chi connectivity index (χ3v) is 0.997. The summed E-state index contributed by atoms with van der Waals surface area (Å²) in [5.74, 6) is 5.39. The van der Waals surface area contributed by atoms with Gasteiger partial charge in [0.25, 0.3) is 0 Å². The maximum atomic E-state index is 8.83. The Labute approximate surface area is 61.2 Å². The molecule has 0 rings (SSSR count). The van der Waals surface area contributed by atoms with Crippen molar-refractivity contribution >= 4 is 0 Å². The Morgan fingerprint density at radius 1 is 1.20 bits per heavy atom. The van der Waals surface area contributed by atoms with Crippen LogP contribution < -0.4 is 5.84 Å². The summed E-state index contributed by atoms with van der Waals surface area (Å²) in [4.78, 5) is 0. The lowest BCUT2D eigenvalue weighted by molar-refractivity contribution is 0.0841. The molecule has 0 aromatic heterocycles. The quantitative estimate of drug-likeness (QED) is 0.350. The minimum absolute atomic E-state index is 0.394. The summed E-state index contributed by atoms with van der Waals surface area (Å²) in [5.41, 5.74) is 0. The first kappa shape index (κ1) is 9.84. The first-order valence-corrected chi connectivity index (χ1v) is 3.38. The van der Waals surface area contributed by atoms with Crippen molar-refractivity contribution in [2.45, 2.75) is 26.1 Å². The minimum atomic E-state index is -0.441. The molecule has 4 nitrogen and oxygen atoms in total.